The van der Waals surface area contributed by atoms with Gasteiger partial charge in [-0.2, -0.15) is 0 Å². The van der Waals surface area contributed by atoms with Gasteiger partial charge >= 0.3 is 5.97 Å². The van der Waals surface area contributed by atoms with E-state index < -0.39 is 12.1 Å². The van der Waals surface area contributed by atoms with Crippen LogP contribution in [0.3, 0.4) is 0 Å². The van der Waals surface area contributed by atoms with Gasteiger partial charge in [-0.15, -0.1) is 0 Å². The molecule has 38 heavy (non-hydrogen) atoms. The number of esters is 1. The van der Waals surface area contributed by atoms with Crippen molar-refractivity contribution < 1.29 is 23.9 Å². The van der Waals surface area contributed by atoms with E-state index in [0.717, 1.165) is 18.4 Å². The molecular weight excluding hydrogens is 478 g/mol. The van der Waals surface area contributed by atoms with Crippen LogP contribution in [0.2, 0.25) is 0 Å². The van der Waals surface area contributed by atoms with E-state index in [0.29, 0.717) is 17.2 Å². The monoisotopic (exact) mass is 507 g/mol. The van der Waals surface area contributed by atoms with E-state index in [-0.39, 0.29) is 46.8 Å². The summed E-state index contributed by atoms with van der Waals surface area (Å²) in [6.07, 6.45) is 0.913. The topological polar surface area (TPSA) is 80.8 Å². The van der Waals surface area contributed by atoms with Crippen LogP contribution >= 0.6 is 0 Å². The Bertz CT molecular complexity index is 1410. The lowest BCUT2D eigenvalue weighted by Gasteiger charge is -2.28. The second kappa shape index (κ2) is 9.35. The van der Waals surface area contributed by atoms with E-state index in [4.69, 9.17) is 4.74 Å². The van der Waals surface area contributed by atoms with Crippen molar-refractivity contribution in [3.05, 3.63) is 101 Å². The number of hydrogen-bond acceptors (Lipinski definition) is 5. The Kier molecular flexibility index (Phi) is 5.98. The first kappa shape index (κ1) is 24.3. The summed E-state index contributed by atoms with van der Waals surface area (Å²) in [5.74, 6) is -1.03. The number of imide groups is 1. The molecular formula is C32H29NO5. The van der Waals surface area contributed by atoms with E-state index in [1.807, 2.05) is 37.3 Å². The van der Waals surface area contributed by atoms with Crippen LogP contribution in [0.25, 0.3) is 0 Å². The van der Waals surface area contributed by atoms with E-state index in [1.54, 1.807) is 31.2 Å². The normalized spacial score (nSPS) is 26.4. The molecule has 2 aliphatic carbocycles. The van der Waals surface area contributed by atoms with Crippen molar-refractivity contribution in [2.24, 2.45) is 23.7 Å². The summed E-state index contributed by atoms with van der Waals surface area (Å²) >= 11 is 0. The van der Waals surface area contributed by atoms with Crippen LogP contribution in [0, 0.1) is 30.6 Å². The zero-order chi connectivity index (χ0) is 26.6. The molecule has 3 aliphatic rings. The third-order valence-corrected chi connectivity index (χ3v) is 8.59. The summed E-state index contributed by atoms with van der Waals surface area (Å²) < 4.78 is 5.41. The highest BCUT2D eigenvalue weighted by Crippen LogP contribution is 2.61. The van der Waals surface area contributed by atoms with E-state index >= 15 is 0 Å². The van der Waals surface area contributed by atoms with Crippen molar-refractivity contribution >= 4 is 29.3 Å². The number of Topliss-reactive ketones (excluding diaryl/α,β-unsaturated/α-hetero) is 1. The zero-order valence-corrected chi connectivity index (χ0v) is 21.4. The van der Waals surface area contributed by atoms with Crippen molar-refractivity contribution in [3.63, 3.8) is 0 Å². The fourth-order valence-electron chi connectivity index (χ4n) is 6.78. The van der Waals surface area contributed by atoms with Gasteiger partial charge in [0.25, 0.3) is 0 Å². The molecule has 6 heteroatoms. The molecule has 2 bridgehead atoms. The number of hydrogen-bond donors (Lipinski definition) is 0. The van der Waals surface area contributed by atoms with Crippen molar-refractivity contribution in [2.75, 3.05) is 4.90 Å². The van der Waals surface area contributed by atoms with Gasteiger partial charge in [-0.05, 0) is 74.3 Å². The predicted octanol–water partition coefficient (Wildman–Crippen LogP) is 5.35. The molecule has 1 saturated heterocycles. The van der Waals surface area contributed by atoms with Crippen LogP contribution in [-0.2, 0) is 14.3 Å². The predicted molar refractivity (Wildman–Crippen MR) is 142 cm³/mol. The number of nitrogens with zero attached hydrogens (tertiary/aromatic N) is 1. The molecule has 6 nitrogen and oxygen atoms in total. The SMILES string of the molecule is Cc1ccc(C(=O)[C@@H](C)OC(=O)c2ccc(N3C(=O)[C@@H]4[C@H]5C[C@@H]([C@@H]4C3=O)[C@@H](c3ccccc3)C5)cc2)cc1. The summed E-state index contributed by atoms with van der Waals surface area (Å²) in [5.41, 5.74) is 3.47. The molecule has 0 spiro atoms. The Morgan fingerprint density at radius 1 is 0.816 bits per heavy atom. The number of rotatable bonds is 6. The maximum atomic E-state index is 13.5. The van der Waals surface area contributed by atoms with E-state index in [9.17, 15) is 19.2 Å². The van der Waals surface area contributed by atoms with Gasteiger partial charge < -0.3 is 4.74 Å². The van der Waals surface area contributed by atoms with Gasteiger partial charge in [0, 0.05) is 5.56 Å². The third-order valence-electron chi connectivity index (χ3n) is 8.59. The van der Waals surface area contributed by atoms with Crippen LogP contribution < -0.4 is 4.90 Å². The van der Waals surface area contributed by atoms with Crippen molar-refractivity contribution in [1.82, 2.24) is 0 Å². The summed E-state index contributed by atoms with van der Waals surface area (Å²) in [6, 6.07) is 23.7. The first-order chi connectivity index (χ1) is 18.3. The first-order valence-corrected chi connectivity index (χ1v) is 13.2. The molecule has 6 atom stereocenters. The Balaban J connectivity index is 1.15. The summed E-state index contributed by atoms with van der Waals surface area (Å²) in [6.45, 7) is 3.48. The van der Waals surface area contributed by atoms with Gasteiger partial charge in [-0.3, -0.25) is 19.3 Å². The minimum atomic E-state index is -0.945. The quantitative estimate of drug-likeness (QED) is 0.255. The lowest BCUT2D eigenvalue weighted by molar-refractivity contribution is -0.123. The summed E-state index contributed by atoms with van der Waals surface area (Å²) in [4.78, 5) is 53.6. The maximum Gasteiger partial charge on any atom is 0.338 e. The molecule has 0 unspecified atom stereocenters. The Labute approximate surface area is 221 Å². The number of carbonyl (C=O) groups excluding carboxylic acids is 4. The third kappa shape index (κ3) is 3.95. The zero-order valence-electron chi connectivity index (χ0n) is 21.4. The Morgan fingerprint density at radius 2 is 1.45 bits per heavy atom. The number of benzene rings is 3. The molecule has 3 aromatic carbocycles. The fraction of sp³-hybridized carbons (Fsp3) is 0.312. The average molecular weight is 508 g/mol. The average Bonchev–Trinajstić information content (AvgIpc) is 3.60. The standard InChI is InChI=1S/C32H29NO5/c1-18-8-10-21(11-9-18)29(34)19(2)38-32(37)22-12-14-24(15-13-22)33-30(35)27-23-16-25(20-6-4-3-5-7-20)26(17-23)28(27)31(33)36/h3-15,19,23,25-28H,16-17H2,1-2H3/t19-,23-,25-,26-,27-,28+/m1/s1. The second-order valence-electron chi connectivity index (χ2n) is 10.8. The number of ketones is 1. The van der Waals surface area contributed by atoms with Gasteiger partial charge in [-0.25, -0.2) is 4.79 Å². The number of amides is 2. The number of ether oxygens (including phenoxy) is 1. The molecule has 3 fully saturated rings. The van der Waals surface area contributed by atoms with Crippen LogP contribution in [-0.4, -0.2) is 29.7 Å². The molecule has 3 aromatic rings. The molecule has 6 rings (SSSR count). The second-order valence-corrected chi connectivity index (χ2v) is 10.8. The lowest BCUT2D eigenvalue weighted by Crippen LogP contribution is -2.33. The molecule has 2 amide bonds. The highest BCUT2D eigenvalue weighted by Gasteiger charge is 2.64. The van der Waals surface area contributed by atoms with Gasteiger partial charge in [0.2, 0.25) is 17.6 Å². The maximum absolute atomic E-state index is 13.5. The highest BCUT2D eigenvalue weighted by molar-refractivity contribution is 6.22. The largest absolute Gasteiger partial charge is 0.451 e. The Hall–Kier alpha value is -4.06. The molecule has 2 saturated carbocycles. The van der Waals surface area contributed by atoms with Crippen LogP contribution in [0.1, 0.15) is 57.5 Å². The Morgan fingerprint density at radius 3 is 2.13 bits per heavy atom. The summed E-state index contributed by atoms with van der Waals surface area (Å²) in [5, 5.41) is 0. The van der Waals surface area contributed by atoms with Gasteiger partial charge in [0.15, 0.2) is 6.10 Å². The van der Waals surface area contributed by atoms with Gasteiger partial charge in [-0.1, -0.05) is 60.2 Å². The van der Waals surface area contributed by atoms with Crippen LogP contribution in [0.5, 0.6) is 0 Å². The minimum Gasteiger partial charge on any atom is -0.451 e. The van der Waals surface area contributed by atoms with Gasteiger partial charge in [0.05, 0.1) is 23.1 Å². The minimum absolute atomic E-state index is 0.133. The lowest BCUT2D eigenvalue weighted by atomic mass is 9.73. The smallest absolute Gasteiger partial charge is 0.338 e. The van der Waals surface area contributed by atoms with Crippen LogP contribution in [0.4, 0.5) is 5.69 Å². The van der Waals surface area contributed by atoms with Crippen molar-refractivity contribution in [1.29, 1.82) is 0 Å². The van der Waals surface area contributed by atoms with Crippen molar-refractivity contribution in [3.8, 4) is 0 Å². The fourth-order valence-corrected chi connectivity index (χ4v) is 6.78. The molecule has 192 valence electrons. The first-order valence-electron chi connectivity index (χ1n) is 13.2. The molecule has 1 heterocycles. The number of aryl methyl sites for hydroxylation is 1. The summed E-state index contributed by atoms with van der Waals surface area (Å²) in [7, 11) is 0. The molecule has 0 N–H and O–H groups in total. The number of anilines is 1. The molecule has 0 aromatic heterocycles. The number of fused-ring (bicyclic) bond motifs is 5. The molecule has 0 radical (unpaired) electrons. The van der Waals surface area contributed by atoms with E-state index in [1.165, 1.54) is 22.6 Å². The van der Waals surface area contributed by atoms with Crippen LogP contribution in [0.15, 0.2) is 78.9 Å². The highest BCUT2D eigenvalue weighted by atomic mass is 16.5. The van der Waals surface area contributed by atoms with Crippen molar-refractivity contribution in [2.45, 2.75) is 38.7 Å². The van der Waals surface area contributed by atoms with E-state index in [2.05, 4.69) is 12.1 Å². The van der Waals surface area contributed by atoms with Gasteiger partial charge in [0.1, 0.15) is 0 Å². The molecule has 1 aliphatic heterocycles. The number of carbonyl (C=O) groups is 4.